The number of aliphatic hydroxyl groups excluding tert-OH is 1. The molecule has 2 heterocycles. The van der Waals surface area contributed by atoms with E-state index in [-0.39, 0.29) is 12.5 Å². The number of hydrogen-bond donors (Lipinski definition) is 1. The fourth-order valence-electron chi connectivity index (χ4n) is 4.26. The Labute approximate surface area is 157 Å². The topological polar surface area (TPSA) is 63.8 Å². The van der Waals surface area contributed by atoms with Crippen molar-refractivity contribution in [1.29, 1.82) is 0 Å². The van der Waals surface area contributed by atoms with E-state index in [2.05, 4.69) is 43.8 Å². The van der Waals surface area contributed by atoms with Gasteiger partial charge in [0.25, 0.3) is 0 Å². The Morgan fingerprint density at radius 2 is 1.63 bits per heavy atom. The predicted octanol–water partition coefficient (Wildman–Crippen LogP) is 3.76. The molecule has 0 fully saturated rings. The lowest BCUT2D eigenvalue weighted by atomic mass is 10.0. The van der Waals surface area contributed by atoms with Gasteiger partial charge in [-0.2, -0.15) is 0 Å². The molecule has 0 aliphatic heterocycles. The number of benzene rings is 2. The van der Waals surface area contributed by atoms with Crippen molar-refractivity contribution >= 4 is 11.2 Å². The monoisotopic (exact) mass is 356 g/mol. The molecular formula is C22H20N4O. The van der Waals surface area contributed by atoms with Gasteiger partial charge < -0.3 is 9.67 Å². The second kappa shape index (κ2) is 6.59. The van der Waals surface area contributed by atoms with Gasteiger partial charge >= 0.3 is 0 Å². The quantitative estimate of drug-likeness (QED) is 0.605. The Hall–Kier alpha value is -3.05. The zero-order valence-electron chi connectivity index (χ0n) is 14.9. The Morgan fingerprint density at radius 3 is 2.41 bits per heavy atom. The lowest BCUT2D eigenvalue weighted by Crippen LogP contribution is -2.07. The summed E-state index contributed by atoms with van der Waals surface area (Å²) in [6, 6.07) is 18.5. The number of nitrogens with zero attached hydrogens (tertiary/aromatic N) is 4. The lowest BCUT2D eigenvalue weighted by Gasteiger charge is -2.13. The number of aliphatic hydroxyl groups is 1. The fourth-order valence-corrected chi connectivity index (χ4v) is 4.26. The molecule has 1 aliphatic rings. The van der Waals surface area contributed by atoms with Crippen LogP contribution in [-0.2, 0) is 6.54 Å². The molecule has 0 bridgehead atoms. The number of aromatic nitrogens is 4. The van der Waals surface area contributed by atoms with Crippen molar-refractivity contribution in [3.8, 4) is 11.3 Å². The predicted molar refractivity (Wildman–Crippen MR) is 104 cm³/mol. The molecule has 0 amide bonds. The van der Waals surface area contributed by atoms with Gasteiger partial charge in [0.15, 0.2) is 5.65 Å². The van der Waals surface area contributed by atoms with Crippen LogP contribution in [0.3, 0.4) is 0 Å². The first-order valence-electron chi connectivity index (χ1n) is 9.26. The molecule has 27 heavy (non-hydrogen) atoms. The van der Waals surface area contributed by atoms with Crippen LogP contribution in [0.15, 0.2) is 67.3 Å². The van der Waals surface area contributed by atoms with Gasteiger partial charge in [0, 0.05) is 30.6 Å². The highest BCUT2D eigenvalue weighted by atomic mass is 16.3. The highest BCUT2D eigenvalue weighted by molar-refractivity contribution is 5.86. The molecule has 5 nitrogen and oxygen atoms in total. The van der Waals surface area contributed by atoms with Crippen LogP contribution < -0.4 is 0 Å². The molecule has 134 valence electrons. The first kappa shape index (κ1) is 16.1. The molecule has 0 unspecified atom stereocenters. The number of rotatable bonds is 4. The highest BCUT2D eigenvalue weighted by Crippen LogP contribution is 2.42. The van der Waals surface area contributed by atoms with Gasteiger partial charge in [0.1, 0.15) is 17.5 Å². The SMILES string of the molecule is OC[C@H]1C[C@@H](Cn2cnc3c(-c4ccccc4)ncnc32)c2ccccc21. The Morgan fingerprint density at radius 1 is 0.889 bits per heavy atom. The summed E-state index contributed by atoms with van der Waals surface area (Å²) in [7, 11) is 0. The van der Waals surface area contributed by atoms with Crippen LogP contribution in [0.5, 0.6) is 0 Å². The second-order valence-electron chi connectivity index (χ2n) is 7.10. The smallest absolute Gasteiger partial charge is 0.163 e. The molecule has 1 N–H and O–H groups in total. The Bertz CT molecular complexity index is 1090. The number of fused-ring (bicyclic) bond motifs is 2. The van der Waals surface area contributed by atoms with Gasteiger partial charge in [-0.3, -0.25) is 0 Å². The van der Waals surface area contributed by atoms with Gasteiger partial charge in [-0.05, 0) is 17.5 Å². The van der Waals surface area contributed by atoms with Crippen molar-refractivity contribution in [2.24, 2.45) is 0 Å². The van der Waals surface area contributed by atoms with Crippen molar-refractivity contribution in [3.63, 3.8) is 0 Å². The maximum Gasteiger partial charge on any atom is 0.163 e. The number of hydrogen-bond acceptors (Lipinski definition) is 4. The first-order valence-corrected chi connectivity index (χ1v) is 9.26. The van der Waals surface area contributed by atoms with E-state index >= 15 is 0 Å². The Kier molecular flexibility index (Phi) is 3.94. The molecule has 0 saturated carbocycles. The van der Waals surface area contributed by atoms with E-state index < -0.39 is 0 Å². The van der Waals surface area contributed by atoms with Crippen LogP contribution in [0.4, 0.5) is 0 Å². The summed E-state index contributed by atoms with van der Waals surface area (Å²) in [5.74, 6) is 0.571. The van der Waals surface area contributed by atoms with Gasteiger partial charge in [-0.15, -0.1) is 0 Å². The summed E-state index contributed by atoms with van der Waals surface area (Å²) >= 11 is 0. The summed E-state index contributed by atoms with van der Waals surface area (Å²) in [6.45, 7) is 0.994. The van der Waals surface area contributed by atoms with E-state index in [9.17, 15) is 5.11 Å². The molecule has 0 saturated heterocycles. The third-order valence-electron chi connectivity index (χ3n) is 5.53. The first-order chi connectivity index (χ1) is 13.3. The third-order valence-corrected chi connectivity index (χ3v) is 5.53. The molecule has 1 aliphatic carbocycles. The van der Waals surface area contributed by atoms with Crippen LogP contribution in [0, 0.1) is 0 Å². The molecule has 2 aromatic heterocycles. The molecule has 5 rings (SSSR count). The van der Waals surface area contributed by atoms with Crippen LogP contribution in [0.2, 0.25) is 0 Å². The minimum atomic E-state index is 0.193. The van der Waals surface area contributed by atoms with Crippen molar-refractivity contribution in [2.45, 2.75) is 24.8 Å². The third kappa shape index (κ3) is 2.71. The average Bonchev–Trinajstić information content (AvgIpc) is 3.30. The van der Waals surface area contributed by atoms with Crippen molar-refractivity contribution in [3.05, 3.63) is 78.4 Å². The molecule has 4 aromatic rings. The maximum atomic E-state index is 9.75. The van der Waals surface area contributed by atoms with E-state index in [1.54, 1.807) is 6.33 Å². The standard InChI is InChI=1S/C22H20N4O/c27-12-17-10-16(18-8-4-5-9-19(17)18)11-26-14-25-21-20(23-13-24-22(21)26)15-6-2-1-3-7-15/h1-9,13-14,16-17,27H,10-12H2/t16-,17+/m0/s1. The van der Waals surface area contributed by atoms with Gasteiger partial charge in [-0.25, -0.2) is 15.0 Å². The van der Waals surface area contributed by atoms with Crippen molar-refractivity contribution in [1.82, 2.24) is 19.5 Å². The molecule has 2 aromatic carbocycles. The average molecular weight is 356 g/mol. The number of imidazole rings is 1. The van der Waals surface area contributed by atoms with E-state index in [4.69, 9.17) is 0 Å². The molecule has 2 atom stereocenters. The summed E-state index contributed by atoms with van der Waals surface area (Å²) in [5.41, 5.74) is 6.19. The molecule has 0 radical (unpaired) electrons. The molecule has 5 heteroatoms. The summed E-state index contributed by atoms with van der Waals surface area (Å²) in [4.78, 5) is 13.6. The lowest BCUT2D eigenvalue weighted by molar-refractivity contribution is 0.259. The minimum absolute atomic E-state index is 0.193. The van der Waals surface area contributed by atoms with Crippen LogP contribution in [0.1, 0.15) is 29.4 Å². The van der Waals surface area contributed by atoms with Gasteiger partial charge in [0.05, 0.1) is 6.33 Å². The van der Waals surface area contributed by atoms with Crippen molar-refractivity contribution < 1.29 is 5.11 Å². The largest absolute Gasteiger partial charge is 0.396 e. The summed E-state index contributed by atoms with van der Waals surface area (Å²) < 4.78 is 2.12. The molecular weight excluding hydrogens is 336 g/mol. The van der Waals surface area contributed by atoms with Gasteiger partial charge in [-0.1, -0.05) is 54.6 Å². The van der Waals surface area contributed by atoms with Crippen molar-refractivity contribution in [2.75, 3.05) is 6.61 Å². The Balaban J connectivity index is 1.52. The van der Waals surface area contributed by atoms with Crippen LogP contribution in [-0.4, -0.2) is 31.2 Å². The molecule has 0 spiro atoms. The second-order valence-corrected chi connectivity index (χ2v) is 7.10. The zero-order valence-corrected chi connectivity index (χ0v) is 14.9. The zero-order chi connectivity index (χ0) is 18.2. The fraction of sp³-hybridized carbons (Fsp3) is 0.227. The van der Waals surface area contributed by atoms with Gasteiger partial charge in [0.2, 0.25) is 0 Å². The minimum Gasteiger partial charge on any atom is -0.396 e. The summed E-state index contributed by atoms with van der Waals surface area (Å²) in [5, 5.41) is 9.75. The highest BCUT2D eigenvalue weighted by Gasteiger charge is 2.30. The van der Waals surface area contributed by atoms with E-state index in [0.29, 0.717) is 5.92 Å². The normalized spacial score (nSPS) is 18.7. The van der Waals surface area contributed by atoms with E-state index in [0.717, 1.165) is 35.4 Å². The van der Waals surface area contributed by atoms with Crippen LogP contribution in [0.25, 0.3) is 22.4 Å². The van der Waals surface area contributed by atoms with E-state index in [1.165, 1.54) is 11.1 Å². The maximum absolute atomic E-state index is 9.75. The van der Waals surface area contributed by atoms with E-state index in [1.807, 2.05) is 36.7 Å². The summed E-state index contributed by atoms with van der Waals surface area (Å²) in [6.07, 6.45) is 4.43. The van der Waals surface area contributed by atoms with Crippen LogP contribution >= 0.6 is 0 Å².